The van der Waals surface area contributed by atoms with E-state index in [1.165, 1.54) is 31.9 Å². The molecule has 6 heteroatoms. The van der Waals surface area contributed by atoms with Gasteiger partial charge in [0.25, 0.3) is 0 Å². The summed E-state index contributed by atoms with van der Waals surface area (Å²) in [6, 6.07) is 0.570. The lowest BCUT2D eigenvalue weighted by molar-refractivity contribution is 0.0693. The van der Waals surface area contributed by atoms with Gasteiger partial charge in [0.15, 0.2) is 0 Å². The van der Waals surface area contributed by atoms with Gasteiger partial charge in [0.1, 0.15) is 11.9 Å². The molecule has 110 valence electrons. The first-order valence-electron chi connectivity index (χ1n) is 7.06. The summed E-state index contributed by atoms with van der Waals surface area (Å²) in [7, 11) is 2.01. The second kappa shape index (κ2) is 6.76. The van der Waals surface area contributed by atoms with Gasteiger partial charge in [0, 0.05) is 25.3 Å². The van der Waals surface area contributed by atoms with E-state index in [0.717, 1.165) is 13.1 Å². The molecule has 6 nitrogen and oxygen atoms in total. The highest BCUT2D eigenvalue weighted by Gasteiger charge is 2.24. The SMILES string of the molecule is CCN1CCCC1CN(C)Cc1ncncc1C(=O)O. The van der Waals surface area contributed by atoms with E-state index >= 15 is 0 Å². The van der Waals surface area contributed by atoms with Gasteiger partial charge in [-0.1, -0.05) is 6.92 Å². The van der Waals surface area contributed by atoms with E-state index in [4.69, 9.17) is 5.11 Å². The third-order valence-electron chi connectivity index (χ3n) is 3.87. The lowest BCUT2D eigenvalue weighted by atomic mass is 10.2. The molecule has 1 aromatic heterocycles. The molecule has 0 aromatic carbocycles. The van der Waals surface area contributed by atoms with Crippen LogP contribution in [0.2, 0.25) is 0 Å². The fourth-order valence-electron chi connectivity index (χ4n) is 2.86. The molecule has 1 aromatic rings. The van der Waals surface area contributed by atoms with Crippen LogP contribution in [0.3, 0.4) is 0 Å². The van der Waals surface area contributed by atoms with Crippen molar-refractivity contribution < 1.29 is 9.90 Å². The van der Waals surface area contributed by atoms with Gasteiger partial charge in [-0.2, -0.15) is 0 Å². The van der Waals surface area contributed by atoms with E-state index in [1.54, 1.807) is 0 Å². The standard InChI is InChI=1S/C14H22N4O2/c1-3-18-6-4-5-11(18)8-17(2)9-13-12(14(19)20)7-15-10-16-13/h7,10-11H,3-6,8-9H2,1-2H3,(H,19,20). The van der Waals surface area contributed by atoms with Crippen molar-refractivity contribution in [2.24, 2.45) is 0 Å². The van der Waals surface area contributed by atoms with Crippen LogP contribution in [0, 0.1) is 0 Å². The van der Waals surface area contributed by atoms with Gasteiger partial charge in [-0.3, -0.25) is 9.80 Å². The Bertz CT molecular complexity index is 466. The molecule has 0 radical (unpaired) electrons. The average Bonchev–Trinajstić information content (AvgIpc) is 2.86. The minimum atomic E-state index is -0.968. The molecule has 2 heterocycles. The molecule has 1 unspecified atom stereocenters. The molecule has 1 fully saturated rings. The Balaban J connectivity index is 1.98. The third kappa shape index (κ3) is 3.52. The van der Waals surface area contributed by atoms with Crippen LogP contribution in [0.5, 0.6) is 0 Å². The predicted octanol–water partition coefficient (Wildman–Crippen LogP) is 1.09. The molecule has 1 N–H and O–H groups in total. The maximum Gasteiger partial charge on any atom is 0.339 e. The van der Waals surface area contributed by atoms with Crippen molar-refractivity contribution in [1.82, 2.24) is 19.8 Å². The average molecular weight is 278 g/mol. The van der Waals surface area contributed by atoms with E-state index in [9.17, 15) is 4.79 Å². The maximum absolute atomic E-state index is 11.1. The Morgan fingerprint density at radius 1 is 1.60 bits per heavy atom. The van der Waals surface area contributed by atoms with Crippen LogP contribution in [-0.2, 0) is 6.54 Å². The normalized spacial score (nSPS) is 19.6. The van der Waals surface area contributed by atoms with Crippen molar-refractivity contribution in [3.63, 3.8) is 0 Å². The van der Waals surface area contributed by atoms with Gasteiger partial charge in [0.2, 0.25) is 0 Å². The topological polar surface area (TPSA) is 69.6 Å². The maximum atomic E-state index is 11.1. The molecule has 0 amide bonds. The van der Waals surface area contributed by atoms with Crippen LogP contribution in [-0.4, -0.2) is 63.6 Å². The molecule has 20 heavy (non-hydrogen) atoms. The first-order valence-corrected chi connectivity index (χ1v) is 7.06. The number of carboxylic acids is 1. The predicted molar refractivity (Wildman–Crippen MR) is 75.6 cm³/mol. The first kappa shape index (κ1) is 14.9. The quantitative estimate of drug-likeness (QED) is 0.840. The number of aromatic nitrogens is 2. The lowest BCUT2D eigenvalue weighted by Crippen LogP contribution is -2.38. The summed E-state index contributed by atoms with van der Waals surface area (Å²) in [5, 5.41) is 9.14. The zero-order valence-corrected chi connectivity index (χ0v) is 12.1. The summed E-state index contributed by atoms with van der Waals surface area (Å²) in [6.45, 7) is 5.91. The van der Waals surface area contributed by atoms with Crippen molar-refractivity contribution in [1.29, 1.82) is 0 Å². The molecular weight excluding hydrogens is 256 g/mol. The minimum absolute atomic E-state index is 0.193. The number of likely N-dealkylation sites (tertiary alicyclic amines) is 1. The van der Waals surface area contributed by atoms with E-state index < -0.39 is 5.97 Å². The second-order valence-electron chi connectivity index (χ2n) is 5.31. The number of nitrogens with zero attached hydrogens (tertiary/aromatic N) is 4. The zero-order valence-electron chi connectivity index (χ0n) is 12.1. The molecule has 0 aliphatic carbocycles. The number of aromatic carboxylic acids is 1. The van der Waals surface area contributed by atoms with Gasteiger partial charge in [-0.15, -0.1) is 0 Å². The Morgan fingerprint density at radius 3 is 3.10 bits per heavy atom. The molecular formula is C14H22N4O2. The first-order chi connectivity index (χ1) is 9.61. The molecule has 0 bridgehead atoms. The fraction of sp³-hybridized carbons (Fsp3) is 0.643. The molecule has 0 spiro atoms. The summed E-state index contributed by atoms with van der Waals surface area (Å²) in [4.78, 5) is 23.7. The highest BCUT2D eigenvalue weighted by atomic mass is 16.4. The van der Waals surface area contributed by atoms with Crippen molar-refractivity contribution in [3.8, 4) is 0 Å². The summed E-state index contributed by atoms with van der Waals surface area (Å²) < 4.78 is 0. The molecule has 1 aliphatic heterocycles. The van der Waals surface area contributed by atoms with E-state index in [-0.39, 0.29) is 5.56 Å². The number of hydrogen-bond donors (Lipinski definition) is 1. The Kier molecular flexibility index (Phi) is 5.03. The van der Waals surface area contributed by atoms with E-state index in [2.05, 4.69) is 26.7 Å². The lowest BCUT2D eigenvalue weighted by Gasteiger charge is -2.27. The largest absolute Gasteiger partial charge is 0.478 e. The van der Waals surface area contributed by atoms with Gasteiger partial charge in [-0.05, 0) is 33.0 Å². The number of carbonyl (C=O) groups is 1. The highest BCUT2D eigenvalue weighted by Crippen LogP contribution is 2.18. The molecule has 1 atom stereocenters. The minimum Gasteiger partial charge on any atom is -0.478 e. The third-order valence-corrected chi connectivity index (χ3v) is 3.87. The van der Waals surface area contributed by atoms with Crippen LogP contribution in [0.1, 0.15) is 35.8 Å². The second-order valence-corrected chi connectivity index (χ2v) is 5.31. The number of carboxylic acid groups (broad SMARTS) is 1. The molecule has 1 saturated heterocycles. The molecule has 2 rings (SSSR count). The summed E-state index contributed by atoms with van der Waals surface area (Å²) >= 11 is 0. The van der Waals surface area contributed by atoms with Crippen LogP contribution >= 0.6 is 0 Å². The number of rotatable bonds is 6. The van der Waals surface area contributed by atoms with Crippen LogP contribution in [0.15, 0.2) is 12.5 Å². The van der Waals surface area contributed by atoms with Gasteiger partial charge in [-0.25, -0.2) is 14.8 Å². The van der Waals surface area contributed by atoms with Crippen LogP contribution < -0.4 is 0 Å². The zero-order chi connectivity index (χ0) is 14.5. The van der Waals surface area contributed by atoms with E-state index in [0.29, 0.717) is 18.3 Å². The highest BCUT2D eigenvalue weighted by molar-refractivity contribution is 5.88. The van der Waals surface area contributed by atoms with Gasteiger partial charge >= 0.3 is 5.97 Å². The Morgan fingerprint density at radius 2 is 2.40 bits per heavy atom. The fourth-order valence-corrected chi connectivity index (χ4v) is 2.86. The van der Waals surface area contributed by atoms with Crippen LogP contribution in [0.4, 0.5) is 0 Å². The summed E-state index contributed by atoms with van der Waals surface area (Å²) in [5.74, 6) is -0.968. The Labute approximate surface area is 119 Å². The van der Waals surface area contributed by atoms with Gasteiger partial charge < -0.3 is 5.11 Å². The summed E-state index contributed by atoms with van der Waals surface area (Å²) in [6.07, 6.45) is 5.24. The number of hydrogen-bond acceptors (Lipinski definition) is 5. The van der Waals surface area contributed by atoms with Crippen LogP contribution in [0.25, 0.3) is 0 Å². The van der Waals surface area contributed by atoms with Gasteiger partial charge in [0.05, 0.1) is 5.69 Å². The van der Waals surface area contributed by atoms with Crippen molar-refractivity contribution >= 4 is 5.97 Å². The molecule has 1 aliphatic rings. The van der Waals surface area contributed by atoms with Crippen molar-refractivity contribution in [2.45, 2.75) is 32.4 Å². The smallest absolute Gasteiger partial charge is 0.339 e. The monoisotopic (exact) mass is 278 g/mol. The Hall–Kier alpha value is -1.53. The summed E-state index contributed by atoms with van der Waals surface area (Å²) in [5.41, 5.74) is 0.772. The number of likely N-dealkylation sites (N-methyl/N-ethyl adjacent to an activating group) is 2. The van der Waals surface area contributed by atoms with Crippen molar-refractivity contribution in [2.75, 3.05) is 26.7 Å². The molecule has 0 saturated carbocycles. The van der Waals surface area contributed by atoms with Crippen molar-refractivity contribution in [3.05, 3.63) is 23.8 Å². The van der Waals surface area contributed by atoms with E-state index in [1.807, 2.05) is 7.05 Å².